The normalized spacial score (nSPS) is 24.0. The summed E-state index contributed by atoms with van der Waals surface area (Å²) in [4.78, 5) is 21.9. The highest BCUT2D eigenvalue weighted by Gasteiger charge is 2.55. The van der Waals surface area contributed by atoms with Crippen LogP contribution in [0.4, 0.5) is 5.95 Å². The predicted octanol–water partition coefficient (Wildman–Crippen LogP) is 0.863. The number of nitrogens with zero attached hydrogens (tertiary/aromatic N) is 3. The van der Waals surface area contributed by atoms with Gasteiger partial charge in [-0.05, 0) is 30.4 Å². The molecule has 2 unspecified atom stereocenters. The minimum atomic E-state index is -0.599. The number of hydroxylamine groups is 1. The minimum Gasteiger partial charge on any atom is -0.340 e. The Hall–Kier alpha value is -2.51. The number of carbonyl (C=O) groups is 1. The maximum Gasteiger partial charge on any atom is 0.277 e. The summed E-state index contributed by atoms with van der Waals surface area (Å²) >= 11 is 0. The number of benzene rings is 1. The van der Waals surface area contributed by atoms with Gasteiger partial charge >= 0.3 is 0 Å². The lowest BCUT2D eigenvalue weighted by Crippen LogP contribution is -2.33. The molecule has 1 amide bonds. The molecule has 0 radical (unpaired) electrons. The monoisotopic (exact) mass is 339 g/mol. The van der Waals surface area contributed by atoms with Crippen molar-refractivity contribution < 1.29 is 10.0 Å². The zero-order valence-electron chi connectivity index (χ0n) is 13.8. The Morgan fingerprint density at radius 1 is 1.16 bits per heavy atom. The smallest absolute Gasteiger partial charge is 0.277 e. The first-order valence-corrected chi connectivity index (χ1v) is 8.55. The van der Waals surface area contributed by atoms with Gasteiger partial charge in [0.1, 0.15) is 0 Å². The van der Waals surface area contributed by atoms with Crippen LogP contribution in [0, 0.1) is 11.8 Å². The zero-order chi connectivity index (χ0) is 17.2. The lowest BCUT2D eigenvalue weighted by atomic mass is 10.1. The average Bonchev–Trinajstić information content (AvgIpc) is 3.11. The Labute approximate surface area is 146 Å². The molecule has 3 N–H and O–H groups in total. The van der Waals surface area contributed by atoms with E-state index < -0.39 is 5.91 Å². The number of aromatic nitrogens is 2. The second-order valence-electron chi connectivity index (χ2n) is 6.66. The molecule has 2 heterocycles. The number of piperidine rings is 1. The molecular weight excluding hydrogens is 318 g/mol. The highest BCUT2D eigenvalue weighted by atomic mass is 16.5. The van der Waals surface area contributed by atoms with E-state index in [1.807, 2.05) is 6.07 Å². The minimum absolute atomic E-state index is 0.246. The van der Waals surface area contributed by atoms with Crippen LogP contribution in [0.25, 0.3) is 0 Å². The summed E-state index contributed by atoms with van der Waals surface area (Å²) < 4.78 is 0. The van der Waals surface area contributed by atoms with Crippen molar-refractivity contribution in [3.05, 3.63) is 53.9 Å². The number of amides is 1. The third kappa shape index (κ3) is 3.33. The van der Waals surface area contributed by atoms with E-state index in [4.69, 9.17) is 5.21 Å². The molecule has 7 heteroatoms. The van der Waals surface area contributed by atoms with Crippen molar-refractivity contribution in [2.45, 2.75) is 12.5 Å². The second kappa shape index (κ2) is 6.78. The van der Waals surface area contributed by atoms with Gasteiger partial charge in [0.15, 0.2) is 0 Å². The zero-order valence-corrected chi connectivity index (χ0v) is 13.8. The van der Waals surface area contributed by atoms with E-state index in [2.05, 4.69) is 44.5 Å². The molecule has 1 aliphatic carbocycles. The predicted molar refractivity (Wildman–Crippen MR) is 92.4 cm³/mol. The molecule has 1 aromatic carbocycles. The van der Waals surface area contributed by atoms with Gasteiger partial charge in [-0.2, -0.15) is 0 Å². The SMILES string of the molecule is O=C(NO)c1cnc(N2CC3C(C2)C3NCCc2ccccc2)nc1. The molecular formula is C18H21N5O2. The summed E-state index contributed by atoms with van der Waals surface area (Å²) in [6.07, 6.45) is 3.93. The Morgan fingerprint density at radius 2 is 1.84 bits per heavy atom. The molecule has 2 fully saturated rings. The van der Waals surface area contributed by atoms with Gasteiger partial charge in [0, 0.05) is 31.5 Å². The van der Waals surface area contributed by atoms with Gasteiger partial charge in [0.05, 0.1) is 5.56 Å². The number of rotatable bonds is 6. The Kier molecular flexibility index (Phi) is 4.33. The summed E-state index contributed by atoms with van der Waals surface area (Å²) in [7, 11) is 0. The fourth-order valence-corrected chi connectivity index (χ4v) is 3.69. The highest BCUT2D eigenvalue weighted by molar-refractivity contribution is 5.92. The third-order valence-corrected chi connectivity index (χ3v) is 5.12. The molecule has 1 aliphatic heterocycles. The summed E-state index contributed by atoms with van der Waals surface area (Å²) in [5.41, 5.74) is 3.19. The van der Waals surface area contributed by atoms with Crippen LogP contribution in [0.15, 0.2) is 42.7 Å². The van der Waals surface area contributed by atoms with Crippen LogP contribution >= 0.6 is 0 Å². The van der Waals surface area contributed by atoms with Gasteiger partial charge in [0.2, 0.25) is 5.95 Å². The van der Waals surface area contributed by atoms with Crippen molar-refractivity contribution in [3.63, 3.8) is 0 Å². The molecule has 0 spiro atoms. The first kappa shape index (κ1) is 16.0. The molecule has 0 bridgehead atoms. The number of hydrogen-bond donors (Lipinski definition) is 3. The third-order valence-electron chi connectivity index (χ3n) is 5.12. The highest BCUT2D eigenvalue weighted by Crippen LogP contribution is 2.46. The molecule has 2 atom stereocenters. The summed E-state index contributed by atoms with van der Waals surface area (Å²) in [5.74, 6) is 1.35. The van der Waals surface area contributed by atoms with Crippen molar-refractivity contribution in [2.24, 2.45) is 11.8 Å². The van der Waals surface area contributed by atoms with Crippen LogP contribution in [0.3, 0.4) is 0 Å². The van der Waals surface area contributed by atoms with Crippen LogP contribution in [0.1, 0.15) is 15.9 Å². The first-order chi connectivity index (χ1) is 12.3. The van der Waals surface area contributed by atoms with Gasteiger partial charge in [-0.15, -0.1) is 0 Å². The molecule has 1 aromatic heterocycles. The Balaban J connectivity index is 1.24. The van der Waals surface area contributed by atoms with Crippen molar-refractivity contribution in [1.29, 1.82) is 0 Å². The summed E-state index contributed by atoms with van der Waals surface area (Å²) in [6, 6.07) is 11.1. The molecule has 4 rings (SSSR count). The Morgan fingerprint density at radius 3 is 2.48 bits per heavy atom. The van der Waals surface area contributed by atoms with E-state index in [1.54, 1.807) is 5.48 Å². The van der Waals surface area contributed by atoms with Crippen LogP contribution in [-0.4, -0.2) is 46.8 Å². The molecule has 130 valence electrons. The molecule has 2 aromatic rings. The van der Waals surface area contributed by atoms with Gasteiger partial charge in [-0.3, -0.25) is 10.0 Å². The first-order valence-electron chi connectivity index (χ1n) is 8.55. The quantitative estimate of drug-likeness (QED) is 0.534. The van der Waals surface area contributed by atoms with Crippen LogP contribution in [-0.2, 0) is 6.42 Å². The lowest BCUT2D eigenvalue weighted by molar-refractivity contribution is 0.0705. The van der Waals surface area contributed by atoms with E-state index >= 15 is 0 Å². The van der Waals surface area contributed by atoms with Crippen molar-refractivity contribution >= 4 is 11.9 Å². The van der Waals surface area contributed by atoms with Gasteiger partial charge in [-0.25, -0.2) is 15.4 Å². The molecule has 1 saturated heterocycles. The fraction of sp³-hybridized carbons (Fsp3) is 0.389. The summed E-state index contributed by atoms with van der Waals surface area (Å²) in [5, 5.41) is 12.3. The maximum atomic E-state index is 11.3. The lowest BCUT2D eigenvalue weighted by Gasteiger charge is -2.20. The standard InChI is InChI=1S/C18H21N5O2/c24-17(22-25)13-8-20-18(21-9-13)23-10-14-15(11-23)16(14)19-7-6-12-4-2-1-3-5-12/h1-5,8-9,14-16,19,25H,6-7,10-11H2,(H,22,24). The molecule has 7 nitrogen and oxygen atoms in total. The van der Waals surface area contributed by atoms with Crippen LogP contribution in [0.2, 0.25) is 0 Å². The van der Waals surface area contributed by atoms with E-state index in [0.29, 0.717) is 23.8 Å². The van der Waals surface area contributed by atoms with Crippen LogP contribution < -0.4 is 15.7 Å². The van der Waals surface area contributed by atoms with Crippen molar-refractivity contribution in [2.75, 3.05) is 24.5 Å². The number of carbonyl (C=O) groups excluding carboxylic acids is 1. The Bertz CT molecular complexity index is 725. The van der Waals surface area contributed by atoms with E-state index in [1.165, 1.54) is 18.0 Å². The molecule has 2 aliphatic rings. The van der Waals surface area contributed by atoms with Crippen molar-refractivity contribution in [1.82, 2.24) is 20.8 Å². The number of anilines is 1. The number of fused-ring (bicyclic) bond motifs is 1. The van der Waals surface area contributed by atoms with E-state index in [9.17, 15) is 4.79 Å². The van der Waals surface area contributed by atoms with E-state index in [-0.39, 0.29) is 5.56 Å². The second-order valence-corrected chi connectivity index (χ2v) is 6.66. The average molecular weight is 339 g/mol. The van der Waals surface area contributed by atoms with Gasteiger partial charge in [0.25, 0.3) is 5.91 Å². The maximum absolute atomic E-state index is 11.3. The van der Waals surface area contributed by atoms with Gasteiger partial charge < -0.3 is 10.2 Å². The topological polar surface area (TPSA) is 90.4 Å². The fourth-order valence-electron chi connectivity index (χ4n) is 3.69. The molecule has 25 heavy (non-hydrogen) atoms. The molecule has 1 saturated carbocycles. The number of hydrogen-bond acceptors (Lipinski definition) is 6. The summed E-state index contributed by atoms with van der Waals surface area (Å²) in [6.45, 7) is 2.89. The number of nitrogens with one attached hydrogen (secondary N) is 2. The van der Waals surface area contributed by atoms with Crippen LogP contribution in [0.5, 0.6) is 0 Å². The van der Waals surface area contributed by atoms with Gasteiger partial charge in [-0.1, -0.05) is 30.3 Å². The van der Waals surface area contributed by atoms with E-state index in [0.717, 1.165) is 26.1 Å². The van der Waals surface area contributed by atoms with Crippen molar-refractivity contribution in [3.8, 4) is 0 Å². The largest absolute Gasteiger partial charge is 0.340 e.